The minimum Gasteiger partial charge on any atom is -0.478 e. The Labute approximate surface area is 102 Å². The van der Waals surface area contributed by atoms with Gasteiger partial charge in [0.25, 0.3) is 6.01 Å². The van der Waals surface area contributed by atoms with Crippen molar-refractivity contribution in [2.45, 2.75) is 5.88 Å². The maximum atomic E-state index is 10.8. The molecule has 1 aromatic heterocycles. The second-order valence-electron chi connectivity index (χ2n) is 3.29. The van der Waals surface area contributed by atoms with Gasteiger partial charge in [0.2, 0.25) is 0 Å². The van der Waals surface area contributed by atoms with Crippen molar-refractivity contribution in [2.24, 2.45) is 0 Å². The average molecular weight is 253 g/mol. The molecule has 6 heteroatoms. The van der Waals surface area contributed by atoms with Gasteiger partial charge in [0.1, 0.15) is 6.26 Å². The molecule has 0 fully saturated rings. The first kappa shape index (κ1) is 11.5. The van der Waals surface area contributed by atoms with Gasteiger partial charge in [-0.05, 0) is 18.2 Å². The number of aromatic nitrogens is 1. The van der Waals surface area contributed by atoms with Gasteiger partial charge in [-0.25, -0.2) is 4.79 Å². The van der Waals surface area contributed by atoms with Gasteiger partial charge >= 0.3 is 5.97 Å². The molecular formula is C11H9ClN2O3. The summed E-state index contributed by atoms with van der Waals surface area (Å²) in [6.45, 7) is 0. The highest BCUT2D eigenvalue weighted by molar-refractivity contribution is 6.16. The Morgan fingerprint density at radius 3 is 3.00 bits per heavy atom. The summed E-state index contributed by atoms with van der Waals surface area (Å²) < 4.78 is 5.11. The van der Waals surface area contributed by atoms with Crippen LogP contribution in [-0.2, 0) is 5.88 Å². The van der Waals surface area contributed by atoms with E-state index in [1.54, 1.807) is 12.1 Å². The number of carbonyl (C=O) groups is 1. The van der Waals surface area contributed by atoms with Crippen LogP contribution >= 0.6 is 11.6 Å². The van der Waals surface area contributed by atoms with Crippen LogP contribution < -0.4 is 5.32 Å². The third-order valence-corrected chi connectivity index (χ3v) is 2.32. The number of hydrogen-bond donors (Lipinski definition) is 2. The molecule has 88 valence electrons. The lowest BCUT2D eigenvalue weighted by molar-refractivity contribution is 0.0697. The predicted molar refractivity (Wildman–Crippen MR) is 62.7 cm³/mol. The fourth-order valence-electron chi connectivity index (χ4n) is 1.28. The first-order valence-corrected chi connectivity index (χ1v) is 5.33. The number of anilines is 2. The van der Waals surface area contributed by atoms with Crippen LogP contribution in [0.4, 0.5) is 11.7 Å². The van der Waals surface area contributed by atoms with Crippen molar-refractivity contribution in [1.29, 1.82) is 0 Å². The van der Waals surface area contributed by atoms with Crippen molar-refractivity contribution in [1.82, 2.24) is 4.98 Å². The number of aromatic carboxylic acids is 1. The summed E-state index contributed by atoms with van der Waals surface area (Å²) in [6, 6.07) is 6.64. The average Bonchev–Trinajstić information content (AvgIpc) is 2.77. The van der Waals surface area contributed by atoms with E-state index in [9.17, 15) is 4.79 Å². The number of alkyl halides is 1. The number of oxazole rings is 1. The van der Waals surface area contributed by atoms with Crippen LogP contribution in [-0.4, -0.2) is 16.1 Å². The molecule has 2 rings (SSSR count). The quantitative estimate of drug-likeness (QED) is 0.819. The minimum atomic E-state index is -0.984. The Morgan fingerprint density at radius 2 is 2.35 bits per heavy atom. The summed E-state index contributed by atoms with van der Waals surface area (Å²) in [5.74, 6) is -0.720. The van der Waals surface area contributed by atoms with E-state index in [4.69, 9.17) is 21.1 Å². The van der Waals surface area contributed by atoms with E-state index < -0.39 is 5.97 Å². The van der Waals surface area contributed by atoms with E-state index in [1.807, 2.05) is 0 Å². The molecule has 17 heavy (non-hydrogen) atoms. The first-order valence-electron chi connectivity index (χ1n) is 4.80. The van der Waals surface area contributed by atoms with Gasteiger partial charge in [-0.1, -0.05) is 6.07 Å². The Kier molecular flexibility index (Phi) is 3.30. The van der Waals surface area contributed by atoms with Gasteiger partial charge in [-0.2, -0.15) is 4.98 Å². The van der Waals surface area contributed by atoms with Gasteiger partial charge in [-0.15, -0.1) is 11.6 Å². The van der Waals surface area contributed by atoms with Crippen molar-refractivity contribution >= 4 is 29.3 Å². The molecule has 0 bridgehead atoms. The van der Waals surface area contributed by atoms with Crippen molar-refractivity contribution in [2.75, 3.05) is 5.32 Å². The predicted octanol–water partition coefficient (Wildman–Crippen LogP) is 2.86. The molecule has 0 unspecified atom stereocenters. The highest BCUT2D eigenvalue weighted by Gasteiger charge is 2.06. The Bertz CT molecular complexity index is 539. The third kappa shape index (κ3) is 2.76. The van der Waals surface area contributed by atoms with Gasteiger partial charge in [0.05, 0.1) is 17.1 Å². The van der Waals surface area contributed by atoms with E-state index in [-0.39, 0.29) is 17.5 Å². The molecule has 0 aliphatic rings. The molecule has 0 atom stereocenters. The molecule has 0 aliphatic heterocycles. The summed E-state index contributed by atoms with van der Waals surface area (Å²) in [7, 11) is 0. The highest BCUT2D eigenvalue weighted by Crippen LogP contribution is 2.17. The minimum absolute atomic E-state index is 0.194. The van der Waals surface area contributed by atoms with Crippen LogP contribution in [0.3, 0.4) is 0 Å². The highest BCUT2D eigenvalue weighted by atomic mass is 35.5. The smallest absolute Gasteiger partial charge is 0.335 e. The van der Waals surface area contributed by atoms with Crippen LogP contribution in [0.2, 0.25) is 0 Å². The molecule has 2 aromatic rings. The molecule has 0 amide bonds. The molecule has 0 saturated heterocycles. The fourth-order valence-corrected chi connectivity index (χ4v) is 1.40. The lowest BCUT2D eigenvalue weighted by Crippen LogP contribution is -1.98. The molecule has 1 heterocycles. The largest absolute Gasteiger partial charge is 0.478 e. The molecular weight excluding hydrogens is 244 g/mol. The van der Waals surface area contributed by atoms with Gasteiger partial charge < -0.3 is 14.8 Å². The molecule has 0 radical (unpaired) electrons. The van der Waals surface area contributed by atoms with Crippen LogP contribution in [0.1, 0.15) is 16.1 Å². The zero-order chi connectivity index (χ0) is 12.3. The van der Waals surface area contributed by atoms with Crippen molar-refractivity contribution in [3.05, 3.63) is 41.8 Å². The zero-order valence-corrected chi connectivity index (χ0v) is 9.44. The van der Waals surface area contributed by atoms with Crippen LogP contribution in [0.25, 0.3) is 0 Å². The summed E-state index contributed by atoms with van der Waals surface area (Å²) in [6.07, 6.45) is 1.44. The van der Waals surface area contributed by atoms with Crippen LogP contribution in [0, 0.1) is 0 Å². The van der Waals surface area contributed by atoms with Gasteiger partial charge in [-0.3, -0.25) is 0 Å². The third-order valence-electron chi connectivity index (χ3n) is 2.05. The molecule has 0 saturated carbocycles. The van der Waals surface area contributed by atoms with Crippen LogP contribution in [0.5, 0.6) is 0 Å². The van der Waals surface area contributed by atoms with E-state index >= 15 is 0 Å². The van der Waals surface area contributed by atoms with Gasteiger partial charge in [0.15, 0.2) is 0 Å². The van der Waals surface area contributed by atoms with Crippen molar-refractivity contribution < 1.29 is 14.3 Å². The number of hydrogen-bond acceptors (Lipinski definition) is 4. The lowest BCUT2D eigenvalue weighted by atomic mass is 10.2. The SMILES string of the molecule is O=C(O)c1cccc(Nc2nc(CCl)co2)c1. The summed E-state index contributed by atoms with van der Waals surface area (Å²) >= 11 is 5.58. The summed E-state index contributed by atoms with van der Waals surface area (Å²) in [5.41, 5.74) is 1.40. The summed E-state index contributed by atoms with van der Waals surface area (Å²) in [5, 5.41) is 11.7. The zero-order valence-electron chi connectivity index (χ0n) is 8.68. The second-order valence-corrected chi connectivity index (χ2v) is 3.56. The number of halogens is 1. The monoisotopic (exact) mass is 252 g/mol. The number of carboxylic acid groups (broad SMARTS) is 1. The summed E-state index contributed by atoms with van der Waals surface area (Å²) in [4.78, 5) is 14.8. The van der Waals surface area contributed by atoms with E-state index in [0.29, 0.717) is 11.4 Å². The number of carboxylic acids is 1. The molecule has 0 aliphatic carbocycles. The second kappa shape index (κ2) is 4.88. The topological polar surface area (TPSA) is 75.4 Å². The number of rotatable bonds is 4. The Hall–Kier alpha value is -2.01. The maximum Gasteiger partial charge on any atom is 0.335 e. The van der Waals surface area contributed by atoms with E-state index in [1.165, 1.54) is 18.4 Å². The fraction of sp³-hybridized carbons (Fsp3) is 0.0909. The maximum absolute atomic E-state index is 10.8. The lowest BCUT2D eigenvalue weighted by Gasteiger charge is -2.02. The van der Waals surface area contributed by atoms with E-state index in [0.717, 1.165) is 0 Å². The molecule has 2 N–H and O–H groups in total. The number of nitrogens with one attached hydrogen (secondary N) is 1. The van der Waals surface area contributed by atoms with Crippen LogP contribution in [0.15, 0.2) is 34.9 Å². The molecule has 1 aromatic carbocycles. The molecule has 0 spiro atoms. The van der Waals surface area contributed by atoms with Crippen molar-refractivity contribution in [3.8, 4) is 0 Å². The standard InChI is InChI=1S/C11H9ClN2O3/c12-5-9-6-17-11(14-9)13-8-3-1-2-7(4-8)10(15)16/h1-4,6H,5H2,(H,13,14)(H,15,16). The van der Waals surface area contributed by atoms with E-state index in [2.05, 4.69) is 10.3 Å². The van der Waals surface area contributed by atoms with Gasteiger partial charge in [0, 0.05) is 5.69 Å². The Morgan fingerprint density at radius 1 is 1.53 bits per heavy atom. The Balaban J connectivity index is 2.18. The molecule has 5 nitrogen and oxygen atoms in total. The van der Waals surface area contributed by atoms with Crippen molar-refractivity contribution in [3.63, 3.8) is 0 Å². The number of nitrogens with zero attached hydrogens (tertiary/aromatic N) is 1. The number of benzene rings is 1. The normalized spacial score (nSPS) is 10.2. The first-order chi connectivity index (χ1) is 8.19.